The fourth-order valence-corrected chi connectivity index (χ4v) is 3.65. The summed E-state index contributed by atoms with van der Waals surface area (Å²) in [6.07, 6.45) is 6.14. The van der Waals surface area contributed by atoms with Crippen LogP contribution in [0.3, 0.4) is 0 Å². The van der Waals surface area contributed by atoms with Gasteiger partial charge in [-0.15, -0.1) is 0 Å². The molecule has 1 aromatic carbocycles. The highest BCUT2D eigenvalue weighted by Gasteiger charge is 2.37. The largest absolute Gasteiger partial charge is 0.375 e. The molecule has 1 aromatic rings. The minimum Gasteiger partial charge on any atom is -0.375 e. The molecule has 3 rings (SSSR count). The number of carbonyl (C=O) groups is 1. The van der Waals surface area contributed by atoms with Crippen LogP contribution in [0.2, 0.25) is 0 Å². The summed E-state index contributed by atoms with van der Waals surface area (Å²) < 4.78 is 5.59. The van der Waals surface area contributed by atoms with Crippen molar-refractivity contribution in [2.75, 3.05) is 13.2 Å². The van der Waals surface area contributed by atoms with Crippen LogP contribution in [0.4, 0.5) is 0 Å². The molecule has 4 nitrogen and oxygen atoms in total. The zero-order valence-corrected chi connectivity index (χ0v) is 13.1. The van der Waals surface area contributed by atoms with Gasteiger partial charge in [0.05, 0.1) is 19.3 Å². The van der Waals surface area contributed by atoms with Crippen molar-refractivity contribution in [3.8, 4) is 0 Å². The predicted molar refractivity (Wildman–Crippen MR) is 86.4 cm³/mol. The van der Waals surface area contributed by atoms with Crippen LogP contribution in [0.1, 0.15) is 37.7 Å². The minimum absolute atomic E-state index is 0.00206. The van der Waals surface area contributed by atoms with E-state index in [9.17, 15) is 4.79 Å². The van der Waals surface area contributed by atoms with Gasteiger partial charge in [0, 0.05) is 12.6 Å². The number of nitrogens with one attached hydrogen (secondary N) is 2. The third-order valence-electron chi connectivity index (χ3n) is 4.84. The molecule has 0 radical (unpaired) electrons. The van der Waals surface area contributed by atoms with Gasteiger partial charge in [-0.2, -0.15) is 0 Å². The zero-order chi connectivity index (χ0) is 15.2. The number of benzene rings is 1. The molecule has 1 saturated heterocycles. The van der Waals surface area contributed by atoms with Crippen molar-refractivity contribution in [2.45, 2.75) is 50.8 Å². The topological polar surface area (TPSA) is 50.4 Å². The number of hydrogen-bond donors (Lipinski definition) is 2. The van der Waals surface area contributed by atoms with Gasteiger partial charge in [-0.1, -0.05) is 43.2 Å². The molecule has 2 aliphatic rings. The van der Waals surface area contributed by atoms with E-state index in [2.05, 4.69) is 10.6 Å². The molecule has 2 N–H and O–H groups in total. The molecule has 0 aromatic heterocycles. The summed E-state index contributed by atoms with van der Waals surface area (Å²) in [6, 6.07) is 10.7. The van der Waals surface area contributed by atoms with Crippen LogP contribution in [0, 0.1) is 5.92 Å². The van der Waals surface area contributed by atoms with E-state index in [4.69, 9.17) is 4.74 Å². The standard InChI is InChI=1S/C18H26N2O2/c21-18(17-12-15-8-4-5-9-16(15)20-17)19-10-11-22-13-14-6-2-1-3-7-14/h1-3,6-7,15-17,20H,4-5,8-13H2,(H,19,21). The van der Waals surface area contributed by atoms with Crippen LogP contribution in [-0.4, -0.2) is 31.1 Å². The lowest BCUT2D eigenvalue weighted by Crippen LogP contribution is -2.44. The van der Waals surface area contributed by atoms with Gasteiger partial charge < -0.3 is 15.4 Å². The van der Waals surface area contributed by atoms with Gasteiger partial charge >= 0.3 is 0 Å². The molecule has 1 heterocycles. The smallest absolute Gasteiger partial charge is 0.237 e. The maximum Gasteiger partial charge on any atom is 0.237 e. The number of fused-ring (bicyclic) bond motifs is 1. The lowest BCUT2D eigenvalue weighted by Gasteiger charge is -2.24. The Morgan fingerprint density at radius 2 is 2.05 bits per heavy atom. The van der Waals surface area contributed by atoms with Gasteiger partial charge in [0.2, 0.25) is 5.91 Å². The average molecular weight is 302 g/mol. The predicted octanol–water partition coefficient (Wildman–Crippen LogP) is 2.24. The Morgan fingerprint density at radius 1 is 1.23 bits per heavy atom. The van der Waals surface area contributed by atoms with Crippen LogP contribution >= 0.6 is 0 Å². The normalized spacial score (nSPS) is 27.4. The Bertz CT molecular complexity index is 463. The van der Waals surface area contributed by atoms with Crippen molar-refractivity contribution in [2.24, 2.45) is 5.92 Å². The maximum atomic E-state index is 12.2. The van der Waals surface area contributed by atoms with Crippen molar-refractivity contribution in [3.05, 3.63) is 35.9 Å². The summed E-state index contributed by atoms with van der Waals surface area (Å²) in [5.41, 5.74) is 1.16. The number of carbonyl (C=O) groups excluding carboxylic acids is 1. The van der Waals surface area contributed by atoms with Crippen LogP contribution in [0.5, 0.6) is 0 Å². The molecule has 1 saturated carbocycles. The monoisotopic (exact) mass is 302 g/mol. The number of rotatable bonds is 6. The first kappa shape index (κ1) is 15.5. The fourth-order valence-electron chi connectivity index (χ4n) is 3.65. The molecule has 0 spiro atoms. The first-order chi connectivity index (χ1) is 10.8. The molecule has 120 valence electrons. The van der Waals surface area contributed by atoms with Crippen molar-refractivity contribution >= 4 is 5.91 Å². The molecule has 1 amide bonds. The lowest BCUT2D eigenvalue weighted by atomic mass is 9.85. The van der Waals surface area contributed by atoms with Gasteiger partial charge in [-0.3, -0.25) is 4.79 Å². The molecule has 4 heteroatoms. The second kappa shape index (κ2) is 7.75. The number of ether oxygens (including phenoxy) is 1. The number of amides is 1. The van der Waals surface area contributed by atoms with Crippen molar-refractivity contribution in [3.63, 3.8) is 0 Å². The first-order valence-corrected chi connectivity index (χ1v) is 8.48. The summed E-state index contributed by atoms with van der Waals surface area (Å²) >= 11 is 0. The SMILES string of the molecule is O=C(NCCOCc1ccccc1)C1CC2CCCCC2N1. The average Bonchev–Trinajstić information content (AvgIpc) is 2.99. The van der Waals surface area contributed by atoms with E-state index < -0.39 is 0 Å². The number of hydrogen-bond acceptors (Lipinski definition) is 3. The van der Waals surface area contributed by atoms with E-state index in [-0.39, 0.29) is 11.9 Å². The highest BCUT2D eigenvalue weighted by Crippen LogP contribution is 2.33. The first-order valence-electron chi connectivity index (χ1n) is 8.48. The van der Waals surface area contributed by atoms with Gasteiger partial charge in [-0.05, 0) is 30.7 Å². The van der Waals surface area contributed by atoms with E-state index in [1.807, 2.05) is 30.3 Å². The Labute approximate surface area is 132 Å². The molecule has 1 aliphatic carbocycles. The summed E-state index contributed by atoms with van der Waals surface area (Å²) in [4.78, 5) is 12.2. The summed E-state index contributed by atoms with van der Waals surface area (Å²) in [6.45, 7) is 1.74. The van der Waals surface area contributed by atoms with Crippen molar-refractivity contribution in [1.29, 1.82) is 0 Å². The molecule has 3 atom stereocenters. The van der Waals surface area contributed by atoms with Crippen LogP contribution < -0.4 is 10.6 Å². The van der Waals surface area contributed by atoms with E-state index in [0.717, 1.165) is 12.0 Å². The molecular weight excluding hydrogens is 276 g/mol. The molecule has 1 aliphatic heterocycles. The highest BCUT2D eigenvalue weighted by molar-refractivity contribution is 5.82. The van der Waals surface area contributed by atoms with Crippen LogP contribution in [0.25, 0.3) is 0 Å². The molecular formula is C18H26N2O2. The highest BCUT2D eigenvalue weighted by atomic mass is 16.5. The Kier molecular flexibility index (Phi) is 5.46. The third-order valence-corrected chi connectivity index (χ3v) is 4.84. The van der Waals surface area contributed by atoms with Crippen LogP contribution in [0.15, 0.2) is 30.3 Å². The summed E-state index contributed by atoms with van der Waals surface area (Å²) in [5.74, 6) is 0.844. The zero-order valence-electron chi connectivity index (χ0n) is 13.1. The maximum absolute atomic E-state index is 12.2. The molecule has 2 fully saturated rings. The third kappa shape index (κ3) is 4.08. The fraction of sp³-hybridized carbons (Fsp3) is 0.611. The lowest BCUT2D eigenvalue weighted by molar-refractivity contribution is -0.123. The van der Waals surface area contributed by atoms with Crippen LogP contribution in [-0.2, 0) is 16.1 Å². The Balaban J connectivity index is 1.31. The van der Waals surface area contributed by atoms with E-state index in [1.165, 1.54) is 25.7 Å². The minimum atomic E-state index is 0.00206. The molecule has 0 bridgehead atoms. The van der Waals surface area contributed by atoms with E-state index in [1.54, 1.807) is 0 Å². The van der Waals surface area contributed by atoms with Gasteiger partial charge in [0.1, 0.15) is 0 Å². The molecule has 3 unspecified atom stereocenters. The Hall–Kier alpha value is -1.39. The second-order valence-electron chi connectivity index (χ2n) is 6.44. The van der Waals surface area contributed by atoms with Gasteiger partial charge in [0.15, 0.2) is 0 Å². The summed E-state index contributed by atoms with van der Waals surface area (Å²) in [7, 11) is 0. The van der Waals surface area contributed by atoms with Gasteiger partial charge in [0.25, 0.3) is 0 Å². The van der Waals surface area contributed by atoms with E-state index >= 15 is 0 Å². The second-order valence-corrected chi connectivity index (χ2v) is 6.44. The quantitative estimate of drug-likeness (QED) is 0.792. The van der Waals surface area contributed by atoms with Crippen molar-refractivity contribution in [1.82, 2.24) is 10.6 Å². The van der Waals surface area contributed by atoms with Crippen molar-refractivity contribution < 1.29 is 9.53 Å². The molecule has 22 heavy (non-hydrogen) atoms. The van der Waals surface area contributed by atoms with E-state index in [0.29, 0.717) is 31.7 Å². The Morgan fingerprint density at radius 3 is 2.86 bits per heavy atom. The van der Waals surface area contributed by atoms with Gasteiger partial charge in [-0.25, -0.2) is 0 Å². The summed E-state index contributed by atoms with van der Waals surface area (Å²) in [5, 5.41) is 6.50.